The average Bonchev–Trinajstić information content (AvgIpc) is 2.25. The van der Waals surface area contributed by atoms with Crippen LogP contribution in [0.4, 0.5) is 0 Å². The topological polar surface area (TPSA) is 58.6 Å². The van der Waals surface area contributed by atoms with Gasteiger partial charge in [0.1, 0.15) is 12.4 Å². The second kappa shape index (κ2) is 4.26. The van der Waals surface area contributed by atoms with Crippen LogP contribution in [0.2, 0.25) is 0 Å². The number of fused-ring (bicyclic) bond motifs is 1. The zero-order valence-corrected chi connectivity index (χ0v) is 8.99. The summed E-state index contributed by atoms with van der Waals surface area (Å²) in [6, 6.07) is 5.11. The van der Waals surface area contributed by atoms with E-state index < -0.39 is 0 Å². The molecule has 0 saturated heterocycles. The van der Waals surface area contributed by atoms with Crippen molar-refractivity contribution in [2.75, 3.05) is 13.2 Å². The van der Waals surface area contributed by atoms with E-state index in [0.29, 0.717) is 13.2 Å². The first-order valence-electron chi connectivity index (χ1n) is 5.04. The molecule has 1 aliphatic heterocycles. The zero-order chi connectivity index (χ0) is 11.5. The maximum Gasteiger partial charge on any atom is 0.217 e. The highest BCUT2D eigenvalue weighted by Crippen LogP contribution is 2.02. The van der Waals surface area contributed by atoms with E-state index in [1.165, 1.54) is 6.92 Å². The minimum Gasteiger partial charge on any atom is -0.508 e. The highest BCUT2D eigenvalue weighted by molar-refractivity contribution is 5.74. The standard InChI is InChI=1S/C12H13NO3/c1-8(14)13-5-10-7-16-6-9-4-11(15)2-3-12(9)10/h2-4,6,15H,5,7H2,1H3,(H,13,14). The number of aromatic hydroxyl groups is 1. The fourth-order valence-corrected chi connectivity index (χ4v) is 1.66. The van der Waals surface area contributed by atoms with E-state index in [1.807, 2.05) is 6.07 Å². The monoisotopic (exact) mass is 219 g/mol. The van der Waals surface area contributed by atoms with E-state index in [4.69, 9.17) is 4.74 Å². The van der Waals surface area contributed by atoms with Gasteiger partial charge in [-0.3, -0.25) is 4.79 Å². The average molecular weight is 219 g/mol. The summed E-state index contributed by atoms with van der Waals surface area (Å²) in [7, 11) is 0. The zero-order valence-electron chi connectivity index (χ0n) is 8.99. The van der Waals surface area contributed by atoms with Crippen LogP contribution in [0.25, 0.3) is 11.8 Å². The summed E-state index contributed by atoms with van der Waals surface area (Å²) in [4.78, 5) is 10.8. The third-order valence-electron chi connectivity index (χ3n) is 2.43. The predicted octanol–water partition coefficient (Wildman–Crippen LogP) is -0.553. The number of nitrogens with one attached hydrogen (secondary N) is 1. The van der Waals surface area contributed by atoms with Gasteiger partial charge in [-0.05, 0) is 22.9 Å². The van der Waals surface area contributed by atoms with E-state index in [9.17, 15) is 9.90 Å². The fourth-order valence-electron chi connectivity index (χ4n) is 1.66. The molecule has 2 rings (SSSR count). The molecular weight excluding hydrogens is 206 g/mol. The van der Waals surface area contributed by atoms with Gasteiger partial charge in [-0.1, -0.05) is 6.07 Å². The van der Waals surface area contributed by atoms with E-state index in [-0.39, 0.29) is 11.7 Å². The van der Waals surface area contributed by atoms with Crippen molar-refractivity contribution in [3.8, 4) is 5.75 Å². The molecule has 0 unspecified atom stereocenters. The summed E-state index contributed by atoms with van der Waals surface area (Å²) < 4.78 is 5.27. The van der Waals surface area contributed by atoms with Crippen molar-refractivity contribution in [1.82, 2.24) is 5.32 Å². The van der Waals surface area contributed by atoms with Crippen molar-refractivity contribution < 1.29 is 14.6 Å². The molecule has 0 bridgehead atoms. The van der Waals surface area contributed by atoms with Crippen LogP contribution in [0.5, 0.6) is 5.75 Å². The first-order chi connectivity index (χ1) is 7.66. The van der Waals surface area contributed by atoms with Crippen LogP contribution in [0.1, 0.15) is 6.92 Å². The maximum atomic E-state index is 10.8. The van der Waals surface area contributed by atoms with Gasteiger partial charge in [0, 0.05) is 18.7 Å². The van der Waals surface area contributed by atoms with E-state index in [1.54, 1.807) is 18.4 Å². The first-order valence-corrected chi connectivity index (χ1v) is 5.04. The summed E-state index contributed by atoms with van der Waals surface area (Å²) in [5, 5.41) is 13.9. The number of benzene rings is 1. The molecule has 0 atom stereocenters. The van der Waals surface area contributed by atoms with Crippen LogP contribution in [0.3, 0.4) is 0 Å². The largest absolute Gasteiger partial charge is 0.508 e. The van der Waals surface area contributed by atoms with Crippen LogP contribution in [0.15, 0.2) is 18.2 Å². The summed E-state index contributed by atoms with van der Waals surface area (Å²) in [5.74, 6) is 0.141. The van der Waals surface area contributed by atoms with Gasteiger partial charge >= 0.3 is 0 Å². The number of hydrogen-bond acceptors (Lipinski definition) is 3. The van der Waals surface area contributed by atoms with Gasteiger partial charge in [0.2, 0.25) is 5.91 Å². The van der Waals surface area contributed by atoms with Gasteiger partial charge in [0.25, 0.3) is 0 Å². The Morgan fingerprint density at radius 2 is 2.38 bits per heavy atom. The number of phenolic OH excluding ortho intramolecular Hbond substituents is 1. The smallest absolute Gasteiger partial charge is 0.217 e. The molecule has 2 N–H and O–H groups in total. The number of phenols is 1. The highest BCUT2D eigenvalue weighted by Gasteiger charge is 2.06. The molecule has 0 fully saturated rings. The van der Waals surface area contributed by atoms with Gasteiger partial charge in [-0.15, -0.1) is 0 Å². The van der Waals surface area contributed by atoms with Crippen LogP contribution in [-0.4, -0.2) is 24.2 Å². The molecule has 0 aliphatic carbocycles. The summed E-state index contributed by atoms with van der Waals surface area (Å²) in [6.07, 6.45) is 1.62. The van der Waals surface area contributed by atoms with Gasteiger partial charge in [-0.25, -0.2) is 0 Å². The first kappa shape index (κ1) is 10.5. The van der Waals surface area contributed by atoms with Crippen molar-refractivity contribution in [2.45, 2.75) is 6.92 Å². The molecule has 1 aliphatic rings. The molecule has 4 nitrogen and oxygen atoms in total. The minimum absolute atomic E-state index is 0.0672. The number of carbonyl (C=O) groups is 1. The lowest BCUT2D eigenvalue weighted by Crippen LogP contribution is -2.36. The van der Waals surface area contributed by atoms with Crippen molar-refractivity contribution in [2.24, 2.45) is 0 Å². The van der Waals surface area contributed by atoms with Gasteiger partial charge in [0.15, 0.2) is 0 Å². The quantitative estimate of drug-likeness (QED) is 0.701. The number of ether oxygens (including phenoxy) is 1. The highest BCUT2D eigenvalue weighted by atomic mass is 16.5. The third kappa shape index (κ3) is 2.16. The van der Waals surface area contributed by atoms with Gasteiger partial charge in [0.05, 0.1) is 6.26 Å². The minimum atomic E-state index is -0.0672. The summed E-state index contributed by atoms with van der Waals surface area (Å²) in [6.45, 7) is 2.42. The van der Waals surface area contributed by atoms with Gasteiger partial charge < -0.3 is 15.2 Å². The lowest BCUT2D eigenvalue weighted by atomic mass is 10.1. The predicted molar refractivity (Wildman–Crippen MR) is 59.9 cm³/mol. The SMILES string of the molecule is CC(=O)NCC1=c2ccc(O)cc2=COC1. The molecule has 1 heterocycles. The molecule has 1 amide bonds. The Hall–Kier alpha value is -1.97. The van der Waals surface area contributed by atoms with Crippen LogP contribution < -0.4 is 15.8 Å². The molecule has 0 saturated carbocycles. The van der Waals surface area contributed by atoms with E-state index in [2.05, 4.69) is 5.32 Å². The Kier molecular flexibility index (Phi) is 2.81. The van der Waals surface area contributed by atoms with Crippen LogP contribution >= 0.6 is 0 Å². The summed E-state index contributed by atoms with van der Waals surface area (Å²) >= 11 is 0. The van der Waals surface area contributed by atoms with E-state index in [0.717, 1.165) is 16.0 Å². The number of carbonyl (C=O) groups excluding carboxylic acids is 1. The lowest BCUT2D eigenvalue weighted by molar-refractivity contribution is -0.118. The Morgan fingerprint density at radius 1 is 1.56 bits per heavy atom. The maximum absolute atomic E-state index is 10.8. The number of rotatable bonds is 2. The molecule has 1 aromatic rings. The Balaban J connectivity index is 2.42. The number of hydrogen-bond donors (Lipinski definition) is 2. The Morgan fingerprint density at radius 3 is 3.12 bits per heavy atom. The Bertz CT molecular complexity index is 534. The van der Waals surface area contributed by atoms with Crippen molar-refractivity contribution in [3.63, 3.8) is 0 Å². The molecular formula is C12H13NO3. The molecule has 0 radical (unpaired) electrons. The van der Waals surface area contributed by atoms with Crippen LogP contribution in [-0.2, 0) is 9.53 Å². The van der Waals surface area contributed by atoms with Gasteiger partial charge in [-0.2, -0.15) is 0 Å². The summed E-state index contributed by atoms with van der Waals surface area (Å²) in [5.41, 5.74) is 1.01. The van der Waals surface area contributed by atoms with Crippen molar-refractivity contribution >= 4 is 17.7 Å². The third-order valence-corrected chi connectivity index (χ3v) is 2.43. The molecule has 16 heavy (non-hydrogen) atoms. The molecule has 0 aromatic heterocycles. The molecule has 0 spiro atoms. The molecule has 84 valence electrons. The van der Waals surface area contributed by atoms with Crippen LogP contribution in [0, 0.1) is 0 Å². The molecule has 4 heteroatoms. The normalized spacial score (nSPS) is 13.4. The van der Waals surface area contributed by atoms with Crippen molar-refractivity contribution in [1.29, 1.82) is 0 Å². The second-order valence-corrected chi connectivity index (χ2v) is 3.71. The van der Waals surface area contributed by atoms with E-state index >= 15 is 0 Å². The lowest BCUT2D eigenvalue weighted by Gasteiger charge is -2.12. The number of amides is 1. The fraction of sp³-hybridized carbons (Fsp3) is 0.250. The molecule has 1 aromatic carbocycles. The second-order valence-electron chi connectivity index (χ2n) is 3.71. The van der Waals surface area contributed by atoms with Crippen molar-refractivity contribution in [3.05, 3.63) is 28.6 Å². The Labute approximate surface area is 92.9 Å².